The number of aromatic nitrogens is 4. The first-order valence-corrected chi connectivity index (χ1v) is 7.79. The van der Waals surface area contributed by atoms with E-state index in [2.05, 4.69) is 61.5 Å². The average molecular weight is 382 g/mol. The van der Waals surface area contributed by atoms with E-state index < -0.39 is 0 Å². The maximum absolute atomic E-state index is 4.50. The maximum Gasteiger partial charge on any atom is 0.211 e. The van der Waals surface area contributed by atoms with Gasteiger partial charge in [0.15, 0.2) is 5.65 Å². The van der Waals surface area contributed by atoms with E-state index in [4.69, 9.17) is 0 Å². The predicted molar refractivity (Wildman–Crippen MR) is 87.4 cm³/mol. The van der Waals surface area contributed by atoms with Gasteiger partial charge in [-0.3, -0.25) is 0 Å². The van der Waals surface area contributed by atoms with Crippen molar-refractivity contribution in [2.24, 2.45) is 0 Å². The van der Waals surface area contributed by atoms with E-state index in [0.29, 0.717) is 5.16 Å². The summed E-state index contributed by atoms with van der Waals surface area (Å²) >= 11 is 3.84. The fourth-order valence-electron chi connectivity index (χ4n) is 1.78. The van der Waals surface area contributed by atoms with Crippen molar-refractivity contribution in [2.45, 2.75) is 12.1 Å². The molecule has 0 unspecified atom stereocenters. The molecule has 0 bridgehead atoms. The van der Waals surface area contributed by atoms with Gasteiger partial charge < -0.3 is 4.98 Å². The van der Waals surface area contributed by atoms with Gasteiger partial charge in [-0.05, 0) is 47.7 Å². The van der Waals surface area contributed by atoms with Crippen molar-refractivity contribution >= 4 is 56.4 Å². The molecule has 0 amide bonds. The lowest BCUT2D eigenvalue weighted by atomic mass is 10.2. The molecule has 0 aliphatic carbocycles. The molecule has 0 saturated carbocycles. The lowest BCUT2D eigenvalue weighted by molar-refractivity contribution is 0.879. The third-order valence-electron chi connectivity index (χ3n) is 2.60. The van der Waals surface area contributed by atoms with Gasteiger partial charge in [0.25, 0.3) is 0 Å². The lowest BCUT2D eigenvalue weighted by Gasteiger charge is -1.98. The van der Waals surface area contributed by atoms with E-state index in [-0.39, 0.29) is 0 Å². The smallest absolute Gasteiger partial charge is 0.211 e. The molecule has 3 rings (SSSR count). The van der Waals surface area contributed by atoms with Crippen LogP contribution in [0.1, 0.15) is 6.92 Å². The number of benzene rings is 1. The zero-order valence-corrected chi connectivity index (χ0v) is 13.2. The number of nitrogens with one attached hydrogen (secondary N) is 1. The largest absolute Gasteiger partial charge is 0.338 e. The maximum atomic E-state index is 4.50. The van der Waals surface area contributed by atoms with Crippen LogP contribution in [-0.4, -0.2) is 25.9 Å². The van der Waals surface area contributed by atoms with Crippen molar-refractivity contribution in [3.63, 3.8) is 0 Å². The van der Waals surface area contributed by atoms with Crippen LogP contribution in [-0.2, 0) is 0 Å². The molecule has 0 fully saturated rings. The number of hydrogen-bond donors (Lipinski definition) is 1. The second-order valence-corrected chi connectivity index (χ2v) is 6.54. The summed E-state index contributed by atoms with van der Waals surface area (Å²) in [6.07, 6.45) is 0. The highest BCUT2D eigenvalue weighted by Gasteiger charge is 2.09. The third kappa shape index (κ3) is 2.59. The number of aromatic amines is 1. The highest BCUT2D eigenvalue weighted by Crippen LogP contribution is 2.25. The molecule has 2 aromatic heterocycles. The highest BCUT2D eigenvalue weighted by atomic mass is 127. The first kappa shape index (κ1) is 12.9. The van der Waals surface area contributed by atoms with Gasteiger partial charge in [0.2, 0.25) is 5.16 Å². The number of halogens is 1. The summed E-state index contributed by atoms with van der Waals surface area (Å²) in [4.78, 5) is 7.78. The molecule has 0 aliphatic rings. The second-order valence-electron chi connectivity index (χ2n) is 4.35. The summed E-state index contributed by atoms with van der Waals surface area (Å²) in [6.45, 7) is 5.86. The summed E-state index contributed by atoms with van der Waals surface area (Å²) in [5.41, 5.74) is 3.75. The molecule has 6 heteroatoms. The fourth-order valence-corrected chi connectivity index (χ4v) is 2.90. The normalized spacial score (nSPS) is 11.3. The van der Waals surface area contributed by atoms with Crippen molar-refractivity contribution in [3.05, 3.63) is 33.9 Å². The number of thioether (sulfide) groups is 1. The Labute approximate surface area is 128 Å². The molecule has 3 aromatic rings. The van der Waals surface area contributed by atoms with Crippen LogP contribution in [0, 0.1) is 3.57 Å². The summed E-state index contributed by atoms with van der Waals surface area (Å²) in [7, 11) is 0. The molecule has 0 saturated heterocycles. The minimum Gasteiger partial charge on any atom is -0.338 e. The van der Waals surface area contributed by atoms with E-state index in [0.717, 1.165) is 33.4 Å². The molecule has 0 aliphatic heterocycles. The minimum atomic E-state index is 0.678. The van der Waals surface area contributed by atoms with E-state index in [1.165, 1.54) is 3.57 Å². The first-order chi connectivity index (χ1) is 9.13. The van der Waals surface area contributed by atoms with Crippen molar-refractivity contribution in [1.82, 2.24) is 20.2 Å². The van der Waals surface area contributed by atoms with Crippen molar-refractivity contribution in [1.29, 1.82) is 0 Å². The highest BCUT2D eigenvalue weighted by molar-refractivity contribution is 14.1. The van der Waals surface area contributed by atoms with Crippen LogP contribution in [0.25, 0.3) is 22.1 Å². The third-order valence-corrected chi connectivity index (χ3v) is 4.34. The average Bonchev–Trinajstić information content (AvgIpc) is 2.73. The molecule has 2 heterocycles. The SMILES string of the molecule is C=C(C)CSc1nnc2c(n1)[nH]c1ccc(I)cc12. The Morgan fingerprint density at radius 1 is 1.42 bits per heavy atom. The first-order valence-electron chi connectivity index (χ1n) is 5.72. The molecular formula is C13H11IN4S. The van der Waals surface area contributed by atoms with Crippen molar-refractivity contribution in [3.8, 4) is 0 Å². The Hall–Kier alpha value is -1.15. The molecule has 19 heavy (non-hydrogen) atoms. The Morgan fingerprint density at radius 3 is 3.05 bits per heavy atom. The van der Waals surface area contributed by atoms with Crippen LogP contribution in [0.5, 0.6) is 0 Å². The molecule has 1 aromatic carbocycles. The van der Waals surface area contributed by atoms with E-state index in [1.807, 2.05) is 13.0 Å². The fraction of sp³-hybridized carbons (Fsp3) is 0.154. The van der Waals surface area contributed by atoms with E-state index in [1.54, 1.807) is 11.8 Å². The van der Waals surface area contributed by atoms with E-state index >= 15 is 0 Å². The summed E-state index contributed by atoms with van der Waals surface area (Å²) in [5, 5.41) is 10.2. The summed E-state index contributed by atoms with van der Waals surface area (Å²) in [5.74, 6) is 0.811. The molecule has 4 nitrogen and oxygen atoms in total. The number of rotatable bonds is 3. The van der Waals surface area contributed by atoms with Gasteiger partial charge in [0, 0.05) is 20.2 Å². The van der Waals surface area contributed by atoms with Crippen LogP contribution in [0.4, 0.5) is 0 Å². The molecule has 0 radical (unpaired) electrons. The Balaban J connectivity index is 2.08. The minimum absolute atomic E-state index is 0.678. The lowest BCUT2D eigenvalue weighted by Crippen LogP contribution is -1.92. The van der Waals surface area contributed by atoms with Gasteiger partial charge in [0.05, 0.1) is 0 Å². The Bertz CT molecular complexity index is 781. The van der Waals surface area contributed by atoms with Gasteiger partial charge in [-0.1, -0.05) is 23.9 Å². The van der Waals surface area contributed by atoms with Gasteiger partial charge in [-0.2, -0.15) is 0 Å². The number of fused-ring (bicyclic) bond motifs is 3. The van der Waals surface area contributed by atoms with Gasteiger partial charge in [-0.25, -0.2) is 4.98 Å². The molecule has 96 valence electrons. The zero-order chi connectivity index (χ0) is 13.4. The van der Waals surface area contributed by atoms with Crippen molar-refractivity contribution < 1.29 is 0 Å². The second kappa shape index (κ2) is 5.09. The molecule has 0 atom stereocenters. The summed E-state index contributed by atoms with van der Waals surface area (Å²) in [6, 6.07) is 6.19. The molecular weight excluding hydrogens is 371 g/mol. The standard InChI is InChI=1S/C13H11IN4S/c1-7(2)6-19-13-16-12-11(17-18-13)9-5-8(14)3-4-10(9)15-12/h3-5H,1,6H2,2H3,(H,15,16,18). The number of hydrogen-bond acceptors (Lipinski definition) is 4. The zero-order valence-electron chi connectivity index (χ0n) is 10.3. The summed E-state index contributed by atoms with van der Waals surface area (Å²) < 4.78 is 1.17. The molecule has 1 N–H and O–H groups in total. The van der Waals surface area contributed by atoms with Crippen LogP contribution in [0.15, 0.2) is 35.5 Å². The topological polar surface area (TPSA) is 54.5 Å². The van der Waals surface area contributed by atoms with Crippen LogP contribution in [0.2, 0.25) is 0 Å². The number of nitrogens with zero attached hydrogens (tertiary/aromatic N) is 3. The van der Waals surface area contributed by atoms with Crippen molar-refractivity contribution in [2.75, 3.05) is 5.75 Å². The Kier molecular flexibility index (Phi) is 3.44. The number of H-pyrrole nitrogens is 1. The van der Waals surface area contributed by atoms with Crippen LogP contribution in [0.3, 0.4) is 0 Å². The monoisotopic (exact) mass is 382 g/mol. The Morgan fingerprint density at radius 2 is 2.26 bits per heavy atom. The van der Waals surface area contributed by atoms with Crippen LogP contribution < -0.4 is 0 Å². The van der Waals surface area contributed by atoms with E-state index in [9.17, 15) is 0 Å². The predicted octanol–water partition coefficient (Wildman–Crippen LogP) is 3.78. The van der Waals surface area contributed by atoms with Gasteiger partial charge >= 0.3 is 0 Å². The van der Waals surface area contributed by atoms with Gasteiger partial charge in [0.1, 0.15) is 5.52 Å². The van der Waals surface area contributed by atoms with Gasteiger partial charge in [-0.15, -0.1) is 10.2 Å². The van der Waals surface area contributed by atoms with Crippen LogP contribution >= 0.6 is 34.4 Å². The molecule has 0 spiro atoms. The quantitative estimate of drug-likeness (QED) is 0.426.